The number of aliphatic carboxylic acids is 1. The fourth-order valence-electron chi connectivity index (χ4n) is 2.39. The van der Waals surface area contributed by atoms with Gasteiger partial charge in [0.15, 0.2) is 5.60 Å². The predicted molar refractivity (Wildman–Crippen MR) is 106 cm³/mol. The van der Waals surface area contributed by atoms with E-state index in [0.717, 1.165) is 22.8 Å². The van der Waals surface area contributed by atoms with Crippen LogP contribution in [0, 0.1) is 0 Å². The van der Waals surface area contributed by atoms with Crippen LogP contribution in [0.15, 0.2) is 78.9 Å². The van der Waals surface area contributed by atoms with E-state index >= 15 is 0 Å². The molecule has 0 fully saturated rings. The minimum absolute atomic E-state index is 0.390. The van der Waals surface area contributed by atoms with E-state index in [1.54, 1.807) is 12.1 Å². The van der Waals surface area contributed by atoms with E-state index in [0.29, 0.717) is 12.4 Å². The summed E-state index contributed by atoms with van der Waals surface area (Å²) in [5, 5.41) is 9.12. The Morgan fingerprint density at radius 1 is 0.786 bits per heavy atom. The summed E-state index contributed by atoms with van der Waals surface area (Å²) in [6, 6.07) is 24.2. The maximum Gasteiger partial charge on any atom is 0.347 e. The van der Waals surface area contributed by atoms with E-state index in [4.69, 9.17) is 19.3 Å². The van der Waals surface area contributed by atoms with Crippen molar-refractivity contribution in [3.05, 3.63) is 84.4 Å². The molecule has 0 unspecified atom stereocenters. The molecule has 144 valence electrons. The molecule has 0 spiro atoms. The number of para-hydroxylation sites is 1. The molecule has 28 heavy (non-hydrogen) atoms. The zero-order valence-electron chi connectivity index (χ0n) is 15.8. The van der Waals surface area contributed by atoms with E-state index in [2.05, 4.69) is 0 Å². The minimum Gasteiger partial charge on any atom is -0.489 e. The van der Waals surface area contributed by atoms with Crippen molar-refractivity contribution in [1.29, 1.82) is 0 Å². The molecule has 0 heterocycles. The van der Waals surface area contributed by atoms with Crippen molar-refractivity contribution in [3.8, 4) is 23.0 Å². The number of carbonyl (C=O) groups is 1. The number of carboxylic acid groups (broad SMARTS) is 1. The van der Waals surface area contributed by atoms with Gasteiger partial charge in [-0.2, -0.15) is 0 Å². The van der Waals surface area contributed by atoms with Crippen molar-refractivity contribution in [1.82, 2.24) is 0 Å². The lowest BCUT2D eigenvalue weighted by molar-refractivity contribution is -0.152. The van der Waals surface area contributed by atoms with Crippen molar-refractivity contribution in [2.24, 2.45) is 0 Å². The Labute approximate surface area is 164 Å². The molecule has 3 aromatic carbocycles. The van der Waals surface area contributed by atoms with Crippen molar-refractivity contribution >= 4 is 5.97 Å². The average Bonchev–Trinajstić information content (AvgIpc) is 2.69. The third kappa shape index (κ3) is 5.27. The Kier molecular flexibility index (Phi) is 5.84. The van der Waals surface area contributed by atoms with Gasteiger partial charge in [-0.15, -0.1) is 0 Å². The highest BCUT2D eigenvalue weighted by Gasteiger charge is 2.29. The van der Waals surface area contributed by atoms with Crippen LogP contribution < -0.4 is 14.2 Å². The Morgan fingerprint density at radius 2 is 1.32 bits per heavy atom. The molecule has 0 atom stereocenters. The number of hydrogen-bond donors (Lipinski definition) is 1. The summed E-state index contributed by atoms with van der Waals surface area (Å²) in [6.45, 7) is 3.41. The second kappa shape index (κ2) is 8.48. The number of benzene rings is 3. The summed E-state index contributed by atoms with van der Waals surface area (Å²) >= 11 is 0. The highest BCUT2D eigenvalue weighted by Crippen LogP contribution is 2.24. The van der Waals surface area contributed by atoms with Crippen LogP contribution >= 0.6 is 0 Å². The van der Waals surface area contributed by atoms with Crippen molar-refractivity contribution in [3.63, 3.8) is 0 Å². The molecule has 0 aliphatic heterocycles. The van der Waals surface area contributed by atoms with E-state index in [1.807, 2.05) is 66.7 Å². The Balaban J connectivity index is 1.53. The molecule has 5 heteroatoms. The van der Waals surface area contributed by atoms with Gasteiger partial charge in [0.2, 0.25) is 0 Å². The Morgan fingerprint density at radius 3 is 1.93 bits per heavy atom. The van der Waals surface area contributed by atoms with E-state index in [1.165, 1.54) is 13.8 Å². The van der Waals surface area contributed by atoms with E-state index in [-0.39, 0.29) is 0 Å². The molecule has 0 radical (unpaired) electrons. The second-order valence-corrected chi connectivity index (χ2v) is 6.74. The maximum absolute atomic E-state index is 11.1. The highest BCUT2D eigenvalue weighted by atomic mass is 16.5. The third-order valence-electron chi connectivity index (χ3n) is 4.02. The highest BCUT2D eigenvalue weighted by molar-refractivity contribution is 5.76. The Bertz CT molecular complexity index is 900. The van der Waals surface area contributed by atoms with Gasteiger partial charge in [0.05, 0.1) is 0 Å². The molecule has 1 N–H and O–H groups in total. The first-order valence-electron chi connectivity index (χ1n) is 8.89. The van der Waals surface area contributed by atoms with Gasteiger partial charge in [-0.25, -0.2) is 4.79 Å². The van der Waals surface area contributed by atoms with Crippen molar-refractivity contribution in [2.45, 2.75) is 26.1 Å². The molecule has 0 aliphatic rings. The standard InChI is InChI=1S/C23H22O5/c1-23(2,22(24)25)28-21-10-8-17(9-11-21)16-26-18-12-14-20(15-13-18)27-19-6-4-3-5-7-19/h3-15H,16H2,1-2H3,(H,24,25). The van der Waals surface area contributed by atoms with Crippen LogP contribution in [-0.4, -0.2) is 16.7 Å². The van der Waals surface area contributed by atoms with Crippen LogP contribution in [0.25, 0.3) is 0 Å². The molecule has 0 aromatic heterocycles. The first-order chi connectivity index (χ1) is 13.4. The topological polar surface area (TPSA) is 65.0 Å². The number of ether oxygens (including phenoxy) is 3. The van der Waals surface area contributed by atoms with Gasteiger partial charge in [-0.05, 0) is 67.9 Å². The van der Waals surface area contributed by atoms with Gasteiger partial charge in [-0.1, -0.05) is 30.3 Å². The van der Waals surface area contributed by atoms with Crippen LogP contribution in [0.3, 0.4) is 0 Å². The predicted octanol–water partition coefficient (Wildman–Crippen LogP) is 5.30. The summed E-state index contributed by atoms with van der Waals surface area (Å²) in [5.41, 5.74) is -0.327. The van der Waals surface area contributed by atoms with Crippen LogP contribution in [0.2, 0.25) is 0 Å². The summed E-state index contributed by atoms with van der Waals surface area (Å²) < 4.78 is 17.0. The number of hydrogen-bond acceptors (Lipinski definition) is 4. The fraction of sp³-hybridized carbons (Fsp3) is 0.174. The van der Waals surface area contributed by atoms with Gasteiger partial charge in [0.25, 0.3) is 0 Å². The first-order valence-corrected chi connectivity index (χ1v) is 8.89. The van der Waals surface area contributed by atoms with Crippen molar-refractivity contribution in [2.75, 3.05) is 0 Å². The second-order valence-electron chi connectivity index (χ2n) is 6.74. The van der Waals surface area contributed by atoms with Gasteiger partial charge >= 0.3 is 5.97 Å². The number of rotatable bonds is 8. The van der Waals surface area contributed by atoms with Crippen LogP contribution in [0.1, 0.15) is 19.4 Å². The van der Waals surface area contributed by atoms with Crippen molar-refractivity contribution < 1.29 is 24.1 Å². The summed E-state index contributed by atoms with van der Waals surface area (Å²) in [5.74, 6) is 1.73. The molecule has 3 aromatic rings. The quantitative estimate of drug-likeness (QED) is 0.576. The van der Waals surface area contributed by atoms with E-state index in [9.17, 15) is 4.79 Å². The lowest BCUT2D eigenvalue weighted by Crippen LogP contribution is -2.37. The first kappa shape index (κ1) is 19.3. The van der Waals surface area contributed by atoms with Gasteiger partial charge in [0, 0.05) is 0 Å². The zero-order valence-corrected chi connectivity index (χ0v) is 15.8. The number of carboxylic acids is 1. The lowest BCUT2D eigenvalue weighted by atomic mass is 10.1. The third-order valence-corrected chi connectivity index (χ3v) is 4.02. The Hall–Kier alpha value is -3.47. The normalized spacial score (nSPS) is 10.9. The molecular formula is C23H22O5. The molecule has 0 aliphatic carbocycles. The minimum atomic E-state index is -1.28. The molecule has 0 bridgehead atoms. The molecular weight excluding hydrogens is 356 g/mol. The monoisotopic (exact) mass is 378 g/mol. The fourth-order valence-corrected chi connectivity index (χ4v) is 2.39. The van der Waals surface area contributed by atoms with Crippen LogP contribution in [-0.2, 0) is 11.4 Å². The molecule has 0 saturated heterocycles. The molecule has 0 saturated carbocycles. The lowest BCUT2D eigenvalue weighted by Gasteiger charge is -2.21. The maximum atomic E-state index is 11.1. The van der Waals surface area contributed by atoms with Gasteiger partial charge in [-0.3, -0.25) is 0 Å². The van der Waals surface area contributed by atoms with Crippen LogP contribution in [0.5, 0.6) is 23.0 Å². The molecule has 5 nitrogen and oxygen atoms in total. The summed E-state index contributed by atoms with van der Waals surface area (Å²) in [6.07, 6.45) is 0. The summed E-state index contributed by atoms with van der Waals surface area (Å²) in [7, 11) is 0. The molecule has 3 rings (SSSR count). The SMILES string of the molecule is CC(C)(Oc1ccc(COc2ccc(Oc3ccccc3)cc2)cc1)C(=O)O. The largest absolute Gasteiger partial charge is 0.489 e. The average molecular weight is 378 g/mol. The van der Waals surface area contributed by atoms with E-state index < -0.39 is 11.6 Å². The summed E-state index contributed by atoms with van der Waals surface area (Å²) in [4.78, 5) is 11.1. The van der Waals surface area contributed by atoms with Gasteiger partial charge in [0.1, 0.15) is 29.6 Å². The zero-order chi connectivity index (χ0) is 20.0. The smallest absolute Gasteiger partial charge is 0.347 e. The van der Waals surface area contributed by atoms with Gasteiger partial charge < -0.3 is 19.3 Å². The van der Waals surface area contributed by atoms with Crippen LogP contribution in [0.4, 0.5) is 0 Å². The molecule has 0 amide bonds.